The molecular formula is C22H40O8. The zero-order valence-corrected chi connectivity index (χ0v) is 19.3. The lowest BCUT2D eigenvalue weighted by atomic mass is 9.97. The fraction of sp³-hybridized carbons (Fsp3) is 0.864. The van der Waals surface area contributed by atoms with Crippen molar-refractivity contribution in [2.75, 3.05) is 46.8 Å². The van der Waals surface area contributed by atoms with Gasteiger partial charge in [-0.3, -0.25) is 4.79 Å². The summed E-state index contributed by atoms with van der Waals surface area (Å²) in [6, 6.07) is 0. The normalized spacial score (nSPS) is 27.3. The zero-order valence-electron chi connectivity index (χ0n) is 19.3. The SMILES string of the molecule is C=CCOCC(C)COC(C)COC1[C@H](OC)OCC(C)[C@H]1OCC(C)OC(C)=O. The van der Waals surface area contributed by atoms with Crippen LogP contribution in [-0.4, -0.2) is 83.4 Å². The molecule has 0 aromatic rings. The first kappa shape index (κ1) is 27.0. The number of esters is 1. The minimum atomic E-state index is -0.534. The summed E-state index contributed by atoms with van der Waals surface area (Å²) in [7, 11) is 1.58. The molecular weight excluding hydrogens is 392 g/mol. The molecule has 0 N–H and O–H groups in total. The number of hydrogen-bond donors (Lipinski definition) is 0. The molecule has 1 heterocycles. The molecule has 8 heteroatoms. The van der Waals surface area contributed by atoms with Crippen LogP contribution in [0.2, 0.25) is 0 Å². The molecule has 176 valence electrons. The molecule has 7 atom stereocenters. The van der Waals surface area contributed by atoms with Crippen LogP contribution in [0.15, 0.2) is 12.7 Å². The molecule has 1 fully saturated rings. The van der Waals surface area contributed by atoms with Gasteiger partial charge in [-0.25, -0.2) is 0 Å². The number of hydrogen-bond acceptors (Lipinski definition) is 8. The minimum Gasteiger partial charge on any atom is -0.460 e. The Morgan fingerprint density at radius 1 is 1.10 bits per heavy atom. The van der Waals surface area contributed by atoms with E-state index in [0.29, 0.717) is 33.0 Å². The second kappa shape index (κ2) is 14.9. The lowest BCUT2D eigenvalue weighted by molar-refractivity contribution is -0.275. The van der Waals surface area contributed by atoms with E-state index in [1.54, 1.807) is 20.1 Å². The van der Waals surface area contributed by atoms with Crippen molar-refractivity contribution in [3.63, 3.8) is 0 Å². The highest BCUT2D eigenvalue weighted by molar-refractivity contribution is 5.66. The van der Waals surface area contributed by atoms with E-state index in [2.05, 4.69) is 13.5 Å². The molecule has 0 bridgehead atoms. The van der Waals surface area contributed by atoms with E-state index < -0.39 is 12.4 Å². The van der Waals surface area contributed by atoms with Gasteiger partial charge in [0.05, 0.1) is 51.8 Å². The monoisotopic (exact) mass is 432 g/mol. The first-order valence-corrected chi connectivity index (χ1v) is 10.6. The number of carbonyl (C=O) groups is 1. The molecule has 0 saturated carbocycles. The third kappa shape index (κ3) is 10.3. The Morgan fingerprint density at radius 3 is 2.40 bits per heavy atom. The van der Waals surface area contributed by atoms with Gasteiger partial charge in [0.15, 0.2) is 6.29 Å². The first-order valence-electron chi connectivity index (χ1n) is 10.6. The number of methoxy groups -OCH3 is 1. The molecule has 8 nitrogen and oxygen atoms in total. The van der Waals surface area contributed by atoms with Gasteiger partial charge < -0.3 is 33.2 Å². The van der Waals surface area contributed by atoms with E-state index in [0.717, 1.165) is 0 Å². The average Bonchev–Trinajstić information content (AvgIpc) is 2.69. The molecule has 1 saturated heterocycles. The fourth-order valence-corrected chi connectivity index (χ4v) is 3.14. The van der Waals surface area contributed by atoms with Crippen LogP contribution in [0.3, 0.4) is 0 Å². The van der Waals surface area contributed by atoms with Crippen molar-refractivity contribution >= 4 is 5.97 Å². The molecule has 0 radical (unpaired) electrons. The zero-order chi connectivity index (χ0) is 22.5. The van der Waals surface area contributed by atoms with Crippen LogP contribution >= 0.6 is 0 Å². The highest BCUT2D eigenvalue weighted by Crippen LogP contribution is 2.26. The molecule has 30 heavy (non-hydrogen) atoms. The Labute approximate surface area is 181 Å². The van der Waals surface area contributed by atoms with Gasteiger partial charge in [0.2, 0.25) is 0 Å². The minimum absolute atomic E-state index is 0.101. The third-order valence-electron chi connectivity index (χ3n) is 4.63. The Bertz CT molecular complexity index is 486. The summed E-state index contributed by atoms with van der Waals surface area (Å²) in [5, 5.41) is 0. The van der Waals surface area contributed by atoms with Gasteiger partial charge in [-0.2, -0.15) is 0 Å². The summed E-state index contributed by atoms with van der Waals surface area (Å²) >= 11 is 0. The highest BCUT2D eigenvalue weighted by atomic mass is 16.7. The molecule has 0 amide bonds. The summed E-state index contributed by atoms with van der Waals surface area (Å²) in [6.07, 6.45) is 0.0829. The van der Waals surface area contributed by atoms with Gasteiger partial charge in [-0.05, 0) is 13.8 Å². The maximum absolute atomic E-state index is 11.1. The summed E-state index contributed by atoms with van der Waals surface area (Å²) in [6.45, 7) is 15.8. The number of carbonyl (C=O) groups excluding carboxylic acids is 1. The summed E-state index contributed by atoms with van der Waals surface area (Å²) in [5.74, 6) is 0.0453. The maximum Gasteiger partial charge on any atom is 0.302 e. The van der Waals surface area contributed by atoms with Crippen LogP contribution in [0.5, 0.6) is 0 Å². The Balaban J connectivity index is 2.53. The van der Waals surface area contributed by atoms with E-state index in [1.165, 1.54) is 6.92 Å². The van der Waals surface area contributed by atoms with Crippen molar-refractivity contribution < 1.29 is 38.0 Å². The van der Waals surface area contributed by atoms with E-state index in [1.807, 2.05) is 13.8 Å². The Kier molecular flexibility index (Phi) is 13.4. The smallest absolute Gasteiger partial charge is 0.302 e. The summed E-state index contributed by atoms with van der Waals surface area (Å²) in [4.78, 5) is 11.1. The molecule has 1 aliphatic rings. The first-order chi connectivity index (χ1) is 14.3. The van der Waals surface area contributed by atoms with Crippen molar-refractivity contribution in [2.45, 2.75) is 65.3 Å². The van der Waals surface area contributed by atoms with E-state index >= 15 is 0 Å². The molecule has 1 aliphatic heterocycles. The Morgan fingerprint density at radius 2 is 1.77 bits per heavy atom. The second-order valence-corrected chi connectivity index (χ2v) is 8.01. The summed E-state index contributed by atoms with van der Waals surface area (Å²) < 4.78 is 39.9. The van der Waals surface area contributed by atoms with Gasteiger partial charge in [0.1, 0.15) is 12.2 Å². The topological polar surface area (TPSA) is 81.7 Å². The van der Waals surface area contributed by atoms with Gasteiger partial charge >= 0.3 is 5.97 Å². The van der Waals surface area contributed by atoms with Gasteiger partial charge in [-0.15, -0.1) is 6.58 Å². The average molecular weight is 433 g/mol. The second-order valence-electron chi connectivity index (χ2n) is 8.01. The predicted molar refractivity (Wildman–Crippen MR) is 112 cm³/mol. The number of ether oxygens (including phenoxy) is 7. The van der Waals surface area contributed by atoms with Crippen LogP contribution in [0.25, 0.3) is 0 Å². The van der Waals surface area contributed by atoms with Crippen molar-refractivity contribution in [1.29, 1.82) is 0 Å². The van der Waals surface area contributed by atoms with Crippen LogP contribution < -0.4 is 0 Å². The van der Waals surface area contributed by atoms with Crippen molar-refractivity contribution in [3.05, 3.63) is 12.7 Å². The van der Waals surface area contributed by atoms with E-state index in [4.69, 9.17) is 33.2 Å². The molecule has 0 aliphatic carbocycles. The quantitative estimate of drug-likeness (QED) is 0.222. The molecule has 0 aromatic heterocycles. The highest BCUT2D eigenvalue weighted by Gasteiger charge is 2.41. The summed E-state index contributed by atoms with van der Waals surface area (Å²) in [5.41, 5.74) is 0. The van der Waals surface area contributed by atoms with Gasteiger partial charge in [-0.1, -0.05) is 19.9 Å². The predicted octanol–water partition coefficient (Wildman–Crippen LogP) is 2.59. The van der Waals surface area contributed by atoms with Gasteiger partial charge in [0, 0.05) is 25.9 Å². The maximum atomic E-state index is 11.1. The van der Waals surface area contributed by atoms with Crippen molar-refractivity contribution in [2.24, 2.45) is 11.8 Å². The van der Waals surface area contributed by atoms with E-state index in [9.17, 15) is 4.79 Å². The van der Waals surface area contributed by atoms with Crippen LogP contribution in [0.1, 0.15) is 34.6 Å². The number of rotatable bonds is 15. The lowest BCUT2D eigenvalue weighted by Crippen LogP contribution is -2.53. The molecule has 1 rings (SSSR count). The van der Waals surface area contributed by atoms with Crippen molar-refractivity contribution in [1.82, 2.24) is 0 Å². The van der Waals surface area contributed by atoms with Crippen molar-refractivity contribution in [3.8, 4) is 0 Å². The standard InChI is InChI=1S/C22H40O8/c1-8-9-25-10-15(2)11-26-17(4)13-28-21-20(16(3)12-29-22(21)24-7)27-14-18(5)30-19(6)23/h8,15-18,20-22H,1,9-14H2,2-7H3/t15?,16?,17?,18?,20-,21?,22-/m1/s1. The van der Waals surface area contributed by atoms with Crippen LogP contribution in [-0.2, 0) is 38.0 Å². The fourth-order valence-electron chi connectivity index (χ4n) is 3.14. The lowest BCUT2D eigenvalue weighted by Gasteiger charge is -2.41. The largest absolute Gasteiger partial charge is 0.460 e. The van der Waals surface area contributed by atoms with Crippen LogP contribution in [0.4, 0.5) is 0 Å². The molecule has 5 unspecified atom stereocenters. The van der Waals surface area contributed by atoms with E-state index in [-0.39, 0.29) is 42.7 Å². The molecule has 0 aromatic carbocycles. The molecule has 0 spiro atoms. The van der Waals surface area contributed by atoms with Crippen LogP contribution in [0, 0.1) is 11.8 Å². The third-order valence-corrected chi connectivity index (χ3v) is 4.63. The van der Waals surface area contributed by atoms with Gasteiger partial charge in [0.25, 0.3) is 0 Å². The Hall–Kier alpha value is -1.03.